The van der Waals surface area contributed by atoms with E-state index in [0.717, 1.165) is 24.0 Å². The summed E-state index contributed by atoms with van der Waals surface area (Å²) in [6, 6.07) is 7.76. The third kappa shape index (κ3) is 5.32. The highest BCUT2D eigenvalue weighted by atomic mass is 32.2. The summed E-state index contributed by atoms with van der Waals surface area (Å²) in [5.41, 5.74) is 3.96. The van der Waals surface area contributed by atoms with Crippen molar-refractivity contribution in [1.82, 2.24) is 10.0 Å². The molecule has 1 fully saturated rings. The molecule has 0 aliphatic heterocycles. The molecule has 31 heavy (non-hydrogen) atoms. The van der Waals surface area contributed by atoms with Crippen LogP contribution in [0.1, 0.15) is 52.4 Å². The van der Waals surface area contributed by atoms with Gasteiger partial charge in [-0.15, -0.1) is 0 Å². The van der Waals surface area contributed by atoms with Crippen molar-refractivity contribution in [3.8, 4) is 0 Å². The van der Waals surface area contributed by atoms with Crippen molar-refractivity contribution in [2.75, 3.05) is 5.32 Å². The number of anilines is 1. The topological polar surface area (TPSA) is 104 Å². The lowest BCUT2D eigenvalue weighted by Crippen LogP contribution is -2.42. The van der Waals surface area contributed by atoms with Gasteiger partial charge in [-0.3, -0.25) is 9.59 Å². The highest BCUT2D eigenvalue weighted by Crippen LogP contribution is 2.26. The molecule has 3 rings (SSSR count). The van der Waals surface area contributed by atoms with Gasteiger partial charge in [0.15, 0.2) is 0 Å². The zero-order valence-electron chi connectivity index (χ0n) is 18.5. The summed E-state index contributed by atoms with van der Waals surface area (Å²) >= 11 is 0. The predicted octanol–water partition coefficient (Wildman–Crippen LogP) is 3.12. The van der Waals surface area contributed by atoms with Gasteiger partial charge in [0.1, 0.15) is 0 Å². The maximum absolute atomic E-state index is 13.1. The molecule has 0 saturated heterocycles. The molecule has 0 radical (unpaired) electrons. The Bertz CT molecular complexity index is 1110. The van der Waals surface area contributed by atoms with Crippen LogP contribution in [0.5, 0.6) is 0 Å². The Morgan fingerprint density at radius 1 is 1.00 bits per heavy atom. The molecule has 1 atom stereocenters. The zero-order valence-corrected chi connectivity index (χ0v) is 19.3. The summed E-state index contributed by atoms with van der Waals surface area (Å²) < 4.78 is 28.6. The first-order valence-electron chi connectivity index (χ1n) is 10.3. The van der Waals surface area contributed by atoms with Crippen LogP contribution >= 0.6 is 0 Å². The lowest BCUT2D eigenvalue weighted by molar-refractivity contribution is -0.117. The van der Waals surface area contributed by atoms with Crippen LogP contribution in [0, 0.1) is 27.7 Å². The fourth-order valence-corrected chi connectivity index (χ4v) is 5.23. The molecule has 8 heteroatoms. The van der Waals surface area contributed by atoms with Gasteiger partial charge >= 0.3 is 0 Å². The van der Waals surface area contributed by atoms with E-state index in [4.69, 9.17) is 0 Å². The maximum Gasteiger partial charge on any atom is 0.251 e. The van der Waals surface area contributed by atoms with Crippen molar-refractivity contribution in [2.45, 2.75) is 64.4 Å². The number of sulfonamides is 1. The smallest absolute Gasteiger partial charge is 0.251 e. The molecular weight excluding hydrogens is 414 g/mol. The largest absolute Gasteiger partial charge is 0.349 e. The lowest BCUT2D eigenvalue weighted by Gasteiger charge is -2.19. The Morgan fingerprint density at radius 3 is 2.19 bits per heavy atom. The number of rotatable bonds is 7. The van der Waals surface area contributed by atoms with E-state index < -0.39 is 22.0 Å². The number of carbonyl (C=O) groups excluding carboxylic acids is 2. The average molecular weight is 444 g/mol. The van der Waals surface area contributed by atoms with Gasteiger partial charge in [0.05, 0.1) is 10.9 Å². The minimum absolute atomic E-state index is 0.187. The molecule has 0 unspecified atom stereocenters. The van der Waals surface area contributed by atoms with Gasteiger partial charge in [-0.25, -0.2) is 8.42 Å². The van der Waals surface area contributed by atoms with Crippen LogP contribution in [0.15, 0.2) is 35.2 Å². The second-order valence-corrected chi connectivity index (χ2v) is 9.90. The van der Waals surface area contributed by atoms with Gasteiger partial charge in [0, 0.05) is 17.3 Å². The number of hydrogen-bond donors (Lipinski definition) is 3. The summed E-state index contributed by atoms with van der Waals surface area (Å²) in [6.07, 6.45) is 1.97. The molecule has 0 bridgehead atoms. The third-order valence-corrected chi connectivity index (χ3v) is 7.41. The summed E-state index contributed by atoms with van der Waals surface area (Å²) in [6.45, 7) is 8.74. The van der Waals surface area contributed by atoms with E-state index in [-0.39, 0.29) is 16.8 Å². The minimum Gasteiger partial charge on any atom is -0.349 e. The molecular formula is C23H29N3O4S. The lowest BCUT2D eigenvalue weighted by atomic mass is 10.0. The van der Waals surface area contributed by atoms with E-state index in [1.807, 2.05) is 19.9 Å². The van der Waals surface area contributed by atoms with Gasteiger partial charge in [-0.05, 0) is 87.9 Å². The number of carbonyl (C=O) groups is 2. The van der Waals surface area contributed by atoms with Crippen molar-refractivity contribution < 1.29 is 18.0 Å². The molecule has 1 aliphatic carbocycles. The first kappa shape index (κ1) is 23.0. The Morgan fingerprint density at radius 2 is 1.61 bits per heavy atom. The van der Waals surface area contributed by atoms with E-state index in [0.29, 0.717) is 22.4 Å². The number of amides is 2. The van der Waals surface area contributed by atoms with E-state index >= 15 is 0 Å². The molecule has 2 amide bonds. The first-order valence-corrected chi connectivity index (χ1v) is 11.8. The van der Waals surface area contributed by atoms with Gasteiger partial charge in [-0.2, -0.15) is 4.72 Å². The van der Waals surface area contributed by atoms with Gasteiger partial charge in [-0.1, -0.05) is 12.1 Å². The Labute approximate surface area is 183 Å². The maximum atomic E-state index is 13.1. The van der Waals surface area contributed by atoms with Gasteiger partial charge in [0.2, 0.25) is 15.9 Å². The molecule has 1 aliphatic rings. The molecule has 2 aromatic rings. The fourth-order valence-electron chi connectivity index (χ4n) is 3.41. The van der Waals surface area contributed by atoms with Crippen molar-refractivity contribution in [3.05, 3.63) is 58.1 Å². The third-order valence-electron chi connectivity index (χ3n) is 5.60. The van der Waals surface area contributed by atoms with Crippen LogP contribution < -0.4 is 15.4 Å². The summed E-state index contributed by atoms with van der Waals surface area (Å²) in [7, 11) is -3.91. The van der Waals surface area contributed by atoms with E-state index in [1.54, 1.807) is 38.1 Å². The van der Waals surface area contributed by atoms with Crippen molar-refractivity contribution in [3.63, 3.8) is 0 Å². The molecule has 3 N–H and O–H groups in total. The van der Waals surface area contributed by atoms with Crippen LogP contribution in [0.25, 0.3) is 0 Å². The van der Waals surface area contributed by atoms with Crippen molar-refractivity contribution in [2.24, 2.45) is 0 Å². The number of hydrogen-bond acceptors (Lipinski definition) is 4. The molecule has 166 valence electrons. The van der Waals surface area contributed by atoms with Crippen LogP contribution in [0.3, 0.4) is 0 Å². The SMILES string of the molecule is Cc1cc(C)c(C)c(S(=O)(=O)N[C@@H](C)C(=O)Nc2cccc(C(=O)NC3CC3)c2)c1C. The standard InChI is InChI=1S/C23H29N3O4S/c1-13-11-14(2)16(4)21(15(13)3)31(29,30)26-17(5)22(27)25-20-8-6-7-18(12-20)23(28)24-19-9-10-19/h6-8,11-12,17,19,26H,9-10H2,1-5H3,(H,24,28)(H,25,27)/t17-/m0/s1. The highest BCUT2D eigenvalue weighted by Gasteiger charge is 2.27. The van der Waals surface area contributed by atoms with Crippen LogP contribution in [0.2, 0.25) is 0 Å². The number of benzene rings is 2. The summed E-state index contributed by atoms with van der Waals surface area (Å²) in [4.78, 5) is 25.1. The van der Waals surface area contributed by atoms with Crippen molar-refractivity contribution in [1.29, 1.82) is 0 Å². The second-order valence-electron chi connectivity index (χ2n) is 8.25. The van der Waals surface area contributed by atoms with E-state index in [1.165, 1.54) is 6.92 Å². The molecule has 0 heterocycles. The second kappa shape index (κ2) is 8.80. The Balaban J connectivity index is 1.73. The molecule has 1 saturated carbocycles. The van der Waals surface area contributed by atoms with Crippen LogP contribution in [-0.4, -0.2) is 32.3 Å². The highest BCUT2D eigenvalue weighted by molar-refractivity contribution is 7.89. The Hall–Kier alpha value is -2.71. The number of aryl methyl sites for hydroxylation is 2. The van der Waals surface area contributed by atoms with Gasteiger partial charge < -0.3 is 10.6 Å². The molecule has 7 nitrogen and oxygen atoms in total. The zero-order chi connectivity index (χ0) is 22.9. The number of nitrogens with one attached hydrogen (secondary N) is 3. The van der Waals surface area contributed by atoms with Gasteiger partial charge in [0.25, 0.3) is 5.91 Å². The monoisotopic (exact) mass is 443 g/mol. The van der Waals surface area contributed by atoms with Crippen molar-refractivity contribution >= 4 is 27.5 Å². The van der Waals surface area contributed by atoms with E-state index in [9.17, 15) is 18.0 Å². The normalized spacial score (nSPS) is 14.7. The Kier molecular flexibility index (Phi) is 6.52. The summed E-state index contributed by atoms with van der Waals surface area (Å²) in [5, 5.41) is 5.59. The molecule has 2 aromatic carbocycles. The molecule has 0 aromatic heterocycles. The van der Waals surface area contributed by atoms with Crippen LogP contribution in [0.4, 0.5) is 5.69 Å². The predicted molar refractivity (Wildman–Crippen MR) is 121 cm³/mol. The average Bonchev–Trinajstić information content (AvgIpc) is 3.50. The summed E-state index contributed by atoms with van der Waals surface area (Å²) in [5.74, 6) is -0.698. The minimum atomic E-state index is -3.91. The van der Waals surface area contributed by atoms with E-state index in [2.05, 4.69) is 15.4 Å². The van der Waals surface area contributed by atoms with Crippen LogP contribution in [-0.2, 0) is 14.8 Å². The quantitative estimate of drug-likeness (QED) is 0.611. The fraction of sp³-hybridized carbons (Fsp3) is 0.391. The molecule has 0 spiro atoms. The first-order chi connectivity index (χ1) is 14.5.